The van der Waals surface area contributed by atoms with Crippen LogP contribution in [-0.2, 0) is 6.42 Å². The molecule has 2 N–H and O–H groups in total. The van der Waals surface area contributed by atoms with Gasteiger partial charge in [-0.2, -0.15) is 0 Å². The van der Waals surface area contributed by atoms with E-state index in [4.69, 9.17) is 4.74 Å². The van der Waals surface area contributed by atoms with Gasteiger partial charge >= 0.3 is 7.12 Å². The first-order valence-corrected chi connectivity index (χ1v) is 6.15. The quantitative estimate of drug-likeness (QED) is 0.773. The zero-order valence-corrected chi connectivity index (χ0v) is 10.8. The molecule has 0 amide bonds. The molecule has 1 heterocycles. The highest BCUT2D eigenvalue weighted by Crippen LogP contribution is 2.10. The number of rotatable bonds is 5. The van der Waals surface area contributed by atoms with Gasteiger partial charge in [0.2, 0.25) is 0 Å². The zero-order chi connectivity index (χ0) is 13.7. The Bertz CT molecular complexity index is 531. The molecule has 0 saturated heterocycles. The van der Waals surface area contributed by atoms with Crippen molar-refractivity contribution in [3.8, 4) is 5.75 Å². The minimum absolute atomic E-state index is 0.398. The third kappa shape index (κ3) is 3.81. The molecular formula is C14H16BNO3. The molecule has 2 rings (SSSR count). The Labute approximate surface area is 112 Å². The minimum Gasteiger partial charge on any atom is -0.494 e. The molecule has 0 atom stereocenters. The van der Waals surface area contributed by atoms with E-state index in [1.807, 2.05) is 25.1 Å². The van der Waals surface area contributed by atoms with Gasteiger partial charge in [0.25, 0.3) is 0 Å². The maximum atomic E-state index is 9.31. The second-order valence-corrected chi connectivity index (χ2v) is 4.37. The van der Waals surface area contributed by atoms with Gasteiger partial charge < -0.3 is 14.8 Å². The van der Waals surface area contributed by atoms with Crippen LogP contribution in [0.25, 0.3) is 0 Å². The number of hydrogen-bond acceptors (Lipinski definition) is 4. The Morgan fingerprint density at radius 1 is 1.16 bits per heavy atom. The number of aryl methyl sites for hydroxylation is 1. The lowest BCUT2D eigenvalue weighted by Gasteiger charge is -2.11. The van der Waals surface area contributed by atoms with Crippen molar-refractivity contribution in [3.05, 3.63) is 53.9 Å². The largest absolute Gasteiger partial charge is 0.494 e. The van der Waals surface area contributed by atoms with Gasteiger partial charge in [0.15, 0.2) is 0 Å². The molecule has 0 fully saturated rings. The summed E-state index contributed by atoms with van der Waals surface area (Å²) < 4.78 is 5.62. The highest BCUT2D eigenvalue weighted by Gasteiger charge is 2.17. The van der Waals surface area contributed by atoms with Gasteiger partial charge in [-0.25, -0.2) is 0 Å². The van der Waals surface area contributed by atoms with Gasteiger partial charge in [-0.3, -0.25) is 4.98 Å². The first-order valence-electron chi connectivity index (χ1n) is 6.15. The van der Waals surface area contributed by atoms with E-state index >= 15 is 0 Å². The lowest BCUT2D eigenvalue weighted by molar-refractivity contribution is 0.322. The van der Waals surface area contributed by atoms with E-state index in [0.717, 1.165) is 17.5 Å². The second kappa shape index (κ2) is 6.36. The summed E-state index contributed by atoms with van der Waals surface area (Å²) in [5.41, 5.74) is 2.49. The normalized spacial score (nSPS) is 10.3. The van der Waals surface area contributed by atoms with E-state index in [0.29, 0.717) is 17.8 Å². The third-order valence-electron chi connectivity index (χ3n) is 2.84. The van der Waals surface area contributed by atoms with Gasteiger partial charge in [-0.05, 0) is 30.7 Å². The van der Waals surface area contributed by atoms with Crippen LogP contribution in [0, 0.1) is 6.92 Å². The van der Waals surface area contributed by atoms with Gasteiger partial charge in [-0.1, -0.05) is 17.7 Å². The van der Waals surface area contributed by atoms with Crippen molar-refractivity contribution >= 4 is 12.6 Å². The molecule has 0 aliphatic rings. The van der Waals surface area contributed by atoms with Gasteiger partial charge in [0.05, 0.1) is 6.61 Å². The topological polar surface area (TPSA) is 62.6 Å². The number of pyridine rings is 1. The highest BCUT2D eigenvalue weighted by atomic mass is 16.5. The predicted molar refractivity (Wildman–Crippen MR) is 74.4 cm³/mol. The molecular weight excluding hydrogens is 241 g/mol. The molecule has 1 aromatic carbocycles. The second-order valence-electron chi connectivity index (χ2n) is 4.37. The van der Waals surface area contributed by atoms with Crippen LogP contribution in [0.1, 0.15) is 11.1 Å². The summed E-state index contributed by atoms with van der Waals surface area (Å²) in [4.78, 5) is 3.95. The average molecular weight is 257 g/mol. The fourth-order valence-corrected chi connectivity index (χ4v) is 1.83. The molecule has 5 heteroatoms. The maximum Gasteiger partial charge on any atom is 0.492 e. The standard InChI is InChI=1S/C14H16BNO3/c1-11-2-3-14(13(10-11)15(17)18)19-9-6-12-4-7-16-8-5-12/h2-5,7-8,10,17-18H,6,9H2,1H3. The van der Waals surface area contributed by atoms with Crippen molar-refractivity contribution in [1.82, 2.24) is 4.98 Å². The molecule has 0 saturated carbocycles. The Kier molecular flexibility index (Phi) is 4.55. The maximum absolute atomic E-state index is 9.31. The number of benzene rings is 1. The molecule has 0 unspecified atom stereocenters. The lowest BCUT2D eigenvalue weighted by atomic mass is 9.79. The molecule has 0 bridgehead atoms. The third-order valence-corrected chi connectivity index (χ3v) is 2.84. The van der Waals surface area contributed by atoms with E-state index < -0.39 is 7.12 Å². The van der Waals surface area contributed by atoms with Crippen LogP contribution in [0.2, 0.25) is 0 Å². The van der Waals surface area contributed by atoms with E-state index in [1.165, 1.54) is 0 Å². The summed E-state index contributed by atoms with van der Waals surface area (Å²) in [6.07, 6.45) is 4.23. The molecule has 98 valence electrons. The van der Waals surface area contributed by atoms with Crippen molar-refractivity contribution in [1.29, 1.82) is 0 Å². The monoisotopic (exact) mass is 257 g/mol. The van der Waals surface area contributed by atoms with Gasteiger partial charge in [0.1, 0.15) is 5.75 Å². The van der Waals surface area contributed by atoms with E-state index in [-0.39, 0.29) is 0 Å². The first-order chi connectivity index (χ1) is 9.16. The molecule has 0 spiro atoms. The number of hydrogen-bond donors (Lipinski definition) is 2. The molecule has 0 aliphatic carbocycles. The van der Waals surface area contributed by atoms with Crippen molar-refractivity contribution in [2.75, 3.05) is 6.61 Å². The zero-order valence-electron chi connectivity index (χ0n) is 10.8. The van der Waals surface area contributed by atoms with E-state index in [1.54, 1.807) is 24.5 Å². The van der Waals surface area contributed by atoms with Crippen molar-refractivity contribution in [3.63, 3.8) is 0 Å². The predicted octanol–water partition coefficient (Wildman–Crippen LogP) is 0.691. The van der Waals surface area contributed by atoms with E-state index in [2.05, 4.69) is 4.98 Å². The van der Waals surface area contributed by atoms with Crippen LogP contribution in [0.15, 0.2) is 42.7 Å². The van der Waals surface area contributed by atoms with Crippen LogP contribution in [0.5, 0.6) is 5.75 Å². The SMILES string of the molecule is Cc1ccc(OCCc2ccncc2)c(B(O)O)c1. The summed E-state index contributed by atoms with van der Waals surface area (Å²) in [7, 11) is -1.52. The lowest BCUT2D eigenvalue weighted by Crippen LogP contribution is -2.32. The molecule has 0 aliphatic heterocycles. The summed E-state index contributed by atoms with van der Waals surface area (Å²) in [5, 5.41) is 18.6. The Hall–Kier alpha value is -1.85. The number of ether oxygens (including phenoxy) is 1. The van der Waals surface area contributed by atoms with Crippen LogP contribution in [0.4, 0.5) is 0 Å². The highest BCUT2D eigenvalue weighted by molar-refractivity contribution is 6.59. The molecule has 0 radical (unpaired) electrons. The minimum atomic E-state index is -1.52. The summed E-state index contributed by atoms with van der Waals surface area (Å²) in [6, 6.07) is 9.22. The fraction of sp³-hybridized carbons (Fsp3) is 0.214. The number of aromatic nitrogens is 1. The van der Waals surface area contributed by atoms with Crippen LogP contribution in [-0.4, -0.2) is 28.8 Å². The first kappa shape index (κ1) is 13.6. The van der Waals surface area contributed by atoms with E-state index in [9.17, 15) is 10.0 Å². The van der Waals surface area contributed by atoms with Crippen molar-refractivity contribution in [2.24, 2.45) is 0 Å². The molecule has 4 nitrogen and oxygen atoms in total. The Morgan fingerprint density at radius 3 is 2.58 bits per heavy atom. The summed E-state index contributed by atoms with van der Waals surface area (Å²) >= 11 is 0. The average Bonchev–Trinajstić information content (AvgIpc) is 2.41. The van der Waals surface area contributed by atoms with Crippen LogP contribution < -0.4 is 10.2 Å². The molecule has 2 aromatic rings. The van der Waals surface area contributed by atoms with Crippen molar-refractivity contribution < 1.29 is 14.8 Å². The number of nitrogens with zero attached hydrogens (tertiary/aromatic N) is 1. The fourth-order valence-electron chi connectivity index (χ4n) is 1.83. The van der Waals surface area contributed by atoms with Crippen LogP contribution >= 0.6 is 0 Å². The summed E-state index contributed by atoms with van der Waals surface area (Å²) in [5.74, 6) is 0.509. The smallest absolute Gasteiger partial charge is 0.492 e. The Morgan fingerprint density at radius 2 is 1.89 bits per heavy atom. The van der Waals surface area contributed by atoms with Crippen molar-refractivity contribution in [2.45, 2.75) is 13.3 Å². The Balaban J connectivity index is 2.00. The van der Waals surface area contributed by atoms with Crippen LogP contribution in [0.3, 0.4) is 0 Å². The summed E-state index contributed by atoms with van der Waals surface area (Å²) in [6.45, 7) is 2.37. The molecule has 19 heavy (non-hydrogen) atoms. The van der Waals surface area contributed by atoms with Gasteiger partial charge in [-0.15, -0.1) is 0 Å². The van der Waals surface area contributed by atoms with Gasteiger partial charge in [0, 0.05) is 24.3 Å². The molecule has 1 aromatic heterocycles.